The average Bonchev–Trinajstić information content (AvgIpc) is 2.28. The summed E-state index contributed by atoms with van der Waals surface area (Å²) in [7, 11) is 0. The Morgan fingerprint density at radius 3 is 2.00 bits per heavy atom. The molecule has 0 fully saturated rings. The molecule has 0 saturated carbocycles. The molecule has 0 aliphatic carbocycles. The summed E-state index contributed by atoms with van der Waals surface area (Å²) in [5.74, 6) is 0.149. The van der Waals surface area contributed by atoms with Gasteiger partial charge in [-0.2, -0.15) is 0 Å². The Labute approximate surface area is 106 Å². The van der Waals surface area contributed by atoms with Crippen molar-refractivity contribution < 1.29 is 14.3 Å². The van der Waals surface area contributed by atoms with E-state index in [2.05, 4.69) is 15.9 Å². The minimum Gasteiger partial charge on any atom is -0.380 e. The molecule has 0 unspecified atom stereocenters. The van der Waals surface area contributed by atoms with E-state index in [1.54, 1.807) is 4.90 Å². The van der Waals surface area contributed by atoms with Crippen LogP contribution in [0.25, 0.3) is 0 Å². The van der Waals surface area contributed by atoms with Gasteiger partial charge in [-0.1, -0.05) is 15.9 Å². The van der Waals surface area contributed by atoms with Gasteiger partial charge in [0.05, 0.1) is 13.2 Å². The number of nitrogens with zero attached hydrogens (tertiary/aromatic N) is 1. The molecule has 4 nitrogen and oxygen atoms in total. The Morgan fingerprint density at radius 1 is 1.12 bits per heavy atom. The van der Waals surface area contributed by atoms with Gasteiger partial charge in [0.25, 0.3) is 0 Å². The number of hydrogen-bond donors (Lipinski definition) is 0. The zero-order valence-corrected chi connectivity index (χ0v) is 11.8. The second kappa shape index (κ2) is 11.4. The van der Waals surface area contributed by atoms with Crippen molar-refractivity contribution in [2.45, 2.75) is 20.3 Å². The Hall–Kier alpha value is -0.130. The zero-order chi connectivity index (χ0) is 12.2. The van der Waals surface area contributed by atoms with Gasteiger partial charge in [-0.3, -0.25) is 4.79 Å². The van der Waals surface area contributed by atoms with Crippen molar-refractivity contribution in [3.63, 3.8) is 0 Å². The molecule has 0 atom stereocenters. The van der Waals surface area contributed by atoms with Crippen LogP contribution in [0.2, 0.25) is 0 Å². The third kappa shape index (κ3) is 8.07. The molecule has 0 radical (unpaired) electrons. The van der Waals surface area contributed by atoms with Crippen LogP contribution in [-0.4, -0.2) is 55.7 Å². The molecular weight excluding hydrogens is 274 g/mol. The highest BCUT2D eigenvalue weighted by molar-refractivity contribution is 9.09. The van der Waals surface area contributed by atoms with Crippen molar-refractivity contribution in [1.29, 1.82) is 0 Å². The Bertz CT molecular complexity index is 169. The van der Waals surface area contributed by atoms with Crippen LogP contribution in [0, 0.1) is 0 Å². The van der Waals surface area contributed by atoms with E-state index in [1.807, 2.05) is 13.8 Å². The van der Waals surface area contributed by atoms with Crippen LogP contribution in [0.15, 0.2) is 0 Å². The van der Waals surface area contributed by atoms with E-state index >= 15 is 0 Å². The molecule has 16 heavy (non-hydrogen) atoms. The van der Waals surface area contributed by atoms with Crippen LogP contribution < -0.4 is 0 Å². The topological polar surface area (TPSA) is 38.8 Å². The Balaban J connectivity index is 3.89. The molecule has 96 valence electrons. The number of ether oxygens (including phenoxy) is 2. The monoisotopic (exact) mass is 295 g/mol. The van der Waals surface area contributed by atoms with Crippen LogP contribution >= 0.6 is 15.9 Å². The maximum atomic E-state index is 11.7. The van der Waals surface area contributed by atoms with Gasteiger partial charge in [0.15, 0.2) is 0 Å². The number of rotatable bonds is 10. The predicted octanol–water partition coefficient (Wildman–Crippen LogP) is 1.67. The zero-order valence-electron chi connectivity index (χ0n) is 10.2. The van der Waals surface area contributed by atoms with E-state index in [9.17, 15) is 4.79 Å². The lowest BCUT2D eigenvalue weighted by atomic mass is 10.4. The second-order valence-electron chi connectivity index (χ2n) is 3.21. The quantitative estimate of drug-likeness (QED) is 0.455. The van der Waals surface area contributed by atoms with E-state index in [0.717, 1.165) is 0 Å². The standard InChI is InChI=1S/C11H22BrNO3/c1-3-15-9-7-13(8-10-16-4-2)11(14)5-6-12/h3-10H2,1-2H3. The number of hydrogen-bond acceptors (Lipinski definition) is 3. The van der Waals surface area contributed by atoms with E-state index in [1.165, 1.54) is 0 Å². The van der Waals surface area contributed by atoms with Crippen LogP contribution in [0.5, 0.6) is 0 Å². The second-order valence-corrected chi connectivity index (χ2v) is 4.01. The minimum absolute atomic E-state index is 0.149. The maximum Gasteiger partial charge on any atom is 0.223 e. The first-order valence-electron chi connectivity index (χ1n) is 5.75. The lowest BCUT2D eigenvalue weighted by Crippen LogP contribution is -2.36. The van der Waals surface area contributed by atoms with Crippen molar-refractivity contribution >= 4 is 21.8 Å². The molecule has 0 aliphatic rings. The van der Waals surface area contributed by atoms with Crippen molar-refractivity contribution in [2.75, 3.05) is 44.8 Å². The lowest BCUT2D eigenvalue weighted by Gasteiger charge is -2.22. The first-order chi connectivity index (χ1) is 7.76. The highest BCUT2D eigenvalue weighted by Crippen LogP contribution is 1.98. The molecule has 0 rings (SSSR count). The number of carbonyl (C=O) groups excluding carboxylic acids is 1. The van der Waals surface area contributed by atoms with Gasteiger partial charge in [-0.05, 0) is 13.8 Å². The van der Waals surface area contributed by atoms with E-state index in [4.69, 9.17) is 9.47 Å². The molecular formula is C11H22BrNO3. The number of amides is 1. The van der Waals surface area contributed by atoms with Gasteiger partial charge in [-0.15, -0.1) is 0 Å². The van der Waals surface area contributed by atoms with Crippen LogP contribution in [0.1, 0.15) is 20.3 Å². The largest absolute Gasteiger partial charge is 0.380 e. The van der Waals surface area contributed by atoms with Gasteiger partial charge in [0.2, 0.25) is 5.91 Å². The Morgan fingerprint density at radius 2 is 1.62 bits per heavy atom. The highest BCUT2D eigenvalue weighted by Gasteiger charge is 2.11. The van der Waals surface area contributed by atoms with E-state index in [0.29, 0.717) is 51.3 Å². The molecule has 0 bridgehead atoms. The summed E-state index contributed by atoms with van der Waals surface area (Å²) in [5.41, 5.74) is 0. The van der Waals surface area contributed by atoms with Gasteiger partial charge < -0.3 is 14.4 Å². The molecule has 0 spiro atoms. The molecule has 0 aromatic carbocycles. The molecule has 0 heterocycles. The van der Waals surface area contributed by atoms with Crippen LogP contribution in [0.3, 0.4) is 0 Å². The smallest absolute Gasteiger partial charge is 0.223 e. The molecule has 1 amide bonds. The van der Waals surface area contributed by atoms with E-state index in [-0.39, 0.29) is 5.91 Å². The fraction of sp³-hybridized carbons (Fsp3) is 0.909. The van der Waals surface area contributed by atoms with Gasteiger partial charge in [0, 0.05) is 38.1 Å². The molecule has 0 N–H and O–H groups in total. The molecule has 0 saturated heterocycles. The normalized spacial score (nSPS) is 10.4. The van der Waals surface area contributed by atoms with Crippen molar-refractivity contribution in [3.05, 3.63) is 0 Å². The summed E-state index contributed by atoms with van der Waals surface area (Å²) in [6, 6.07) is 0. The number of carbonyl (C=O) groups is 1. The third-order valence-electron chi connectivity index (χ3n) is 2.08. The SMILES string of the molecule is CCOCCN(CCOCC)C(=O)CCBr. The molecule has 5 heteroatoms. The summed E-state index contributed by atoms with van der Waals surface area (Å²) < 4.78 is 10.5. The maximum absolute atomic E-state index is 11.7. The summed E-state index contributed by atoms with van der Waals surface area (Å²) in [6.07, 6.45) is 0.526. The lowest BCUT2D eigenvalue weighted by molar-refractivity contribution is -0.132. The third-order valence-corrected chi connectivity index (χ3v) is 2.48. The fourth-order valence-electron chi connectivity index (χ4n) is 1.24. The molecule has 0 aromatic rings. The van der Waals surface area contributed by atoms with Crippen LogP contribution in [0.4, 0.5) is 0 Å². The summed E-state index contributed by atoms with van der Waals surface area (Å²) in [4.78, 5) is 13.5. The molecule has 0 aromatic heterocycles. The number of alkyl halides is 1. The predicted molar refractivity (Wildman–Crippen MR) is 68.0 cm³/mol. The average molecular weight is 296 g/mol. The first kappa shape index (κ1) is 15.9. The number of halogens is 1. The fourth-order valence-corrected chi connectivity index (χ4v) is 1.58. The minimum atomic E-state index is 0.149. The van der Waals surface area contributed by atoms with Gasteiger partial charge >= 0.3 is 0 Å². The first-order valence-corrected chi connectivity index (χ1v) is 6.87. The Kier molecular flexibility index (Phi) is 11.3. The summed E-state index contributed by atoms with van der Waals surface area (Å²) >= 11 is 3.27. The van der Waals surface area contributed by atoms with Gasteiger partial charge in [-0.25, -0.2) is 0 Å². The van der Waals surface area contributed by atoms with Gasteiger partial charge in [0.1, 0.15) is 0 Å². The van der Waals surface area contributed by atoms with Crippen molar-refractivity contribution in [2.24, 2.45) is 0 Å². The van der Waals surface area contributed by atoms with E-state index < -0.39 is 0 Å². The van der Waals surface area contributed by atoms with Crippen molar-refractivity contribution in [1.82, 2.24) is 4.90 Å². The molecule has 0 aliphatic heterocycles. The highest BCUT2D eigenvalue weighted by atomic mass is 79.9. The van der Waals surface area contributed by atoms with Crippen LogP contribution in [-0.2, 0) is 14.3 Å². The van der Waals surface area contributed by atoms with Crippen molar-refractivity contribution in [3.8, 4) is 0 Å². The summed E-state index contributed by atoms with van der Waals surface area (Å²) in [6.45, 7) is 7.75. The summed E-state index contributed by atoms with van der Waals surface area (Å²) in [5, 5.41) is 0.700.